The fraction of sp³-hybridized carbons (Fsp3) is 0.136. The van der Waals surface area contributed by atoms with Crippen molar-refractivity contribution < 1.29 is 13.9 Å². The number of anilines is 2. The number of amides is 2. The van der Waals surface area contributed by atoms with E-state index < -0.39 is 0 Å². The molecule has 0 saturated carbocycles. The summed E-state index contributed by atoms with van der Waals surface area (Å²) in [5, 5.41) is 2.73. The van der Waals surface area contributed by atoms with Crippen LogP contribution in [-0.4, -0.2) is 13.1 Å². The van der Waals surface area contributed by atoms with Gasteiger partial charge >= 0.3 is 6.03 Å². The van der Waals surface area contributed by atoms with Crippen molar-refractivity contribution in [3.63, 3.8) is 0 Å². The summed E-state index contributed by atoms with van der Waals surface area (Å²) in [5.74, 6) is 0.322. The minimum atomic E-state index is -0.358. The molecule has 3 N–H and O–H groups in total. The molecule has 0 saturated heterocycles. The normalized spacial score (nSPS) is 10.4. The van der Waals surface area contributed by atoms with Gasteiger partial charge in [-0.1, -0.05) is 30.3 Å². The van der Waals surface area contributed by atoms with E-state index in [2.05, 4.69) is 5.32 Å². The summed E-state index contributed by atoms with van der Waals surface area (Å²) in [6.45, 7) is 0.705. The highest BCUT2D eigenvalue weighted by Gasteiger charge is 2.15. The van der Waals surface area contributed by atoms with Gasteiger partial charge in [-0.2, -0.15) is 0 Å². The Morgan fingerprint density at radius 1 is 1.07 bits per heavy atom. The summed E-state index contributed by atoms with van der Waals surface area (Å²) < 4.78 is 18.8. The van der Waals surface area contributed by atoms with Gasteiger partial charge < -0.3 is 15.8 Å². The number of hydrogen-bond donors (Lipinski definition) is 2. The zero-order chi connectivity index (χ0) is 19.9. The molecule has 0 unspecified atom stereocenters. The Balaban J connectivity index is 1.69. The Labute approximate surface area is 163 Å². The molecular formula is C22H22FN3O2. The van der Waals surface area contributed by atoms with Gasteiger partial charge in [0.25, 0.3) is 0 Å². The van der Waals surface area contributed by atoms with Crippen LogP contribution in [0, 0.1) is 5.82 Å². The molecular weight excluding hydrogens is 357 g/mol. The summed E-state index contributed by atoms with van der Waals surface area (Å²) >= 11 is 0. The van der Waals surface area contributed by atoms with Gasteiger partial charge in [0, 0.05) is 25.0 Å². The first kappa shape index (κ1) is 19.4. The van der Waals surface area contributed by atoms with Crippen LogP contribution in [0.4, 0.5) is 20.6 Å². The van der Waals surface area contributed by atoms with Gasteiger partial charge in [-0.3, -0.25) is 4.90 Å². The third-order valence-electron chi connectivity index (χ3n) is 4.28. The van der Waals surface area contributed by atoms with Gasteiger partial charge in [-0.05, 0) is 53.6 Å². The number of carbonyl (C=O) groups is 1. The zero-order valence-electron chi connectivity index (χ0n) is 15.6. The molecule has 0 fully saturated rings. The second kappa shape index (κ2) is 9.01. The summed E-state index contributed by atoms with van der Waals surface area (Å²) in [4.78, 5) is 14.0. The van der Waals surface area contributed by atoms with Crippen molar-refractivity contribution in [1.82, 2.24) is 0 Å². The fourth-order valence-electron chi connectivity index (χ4n) is 2.73. The van der Waals surface area contributed by atoms with Crippen molar-refractivity contribution in [3.05, 3.63) is 89.7 Å². The SMILES string of the molecule is CN(C(=O)Nc1ccc(F)cc1)c1ccc(OCc2ccccc2)cc1CN. The Bertz CT molecular complexity index is 930. The number of hydrogen-bond acceptors (Lipinski definition) is 3. The predicted molar refractivity (Wildman–Crippen MR) is 109 cm³/mol. The molecule has 3 aromatic carbocycles. The van der Waals surface area contributed by atoms with E-state index in [1.165, 1.54) is 29.2 Å². The minimum absolute atomic E-state index is 0.256. The molecule has 0 aliphatic heterocycles. The average molecular weight is 379 g/mol. The Morgan fingerprint density at radius 3 is 2.46 bits per heavy atom. The Kier molecular flexibility index (Phi) is 6.24. The minimum Gasteiger partial charge on any atom is -0.489 e. The molecule has 0 spiro atoms. The van der Waals surface area contributed by atoms with Crippen LogP contribution in [-0.2, 0) is 13.2 Å². The molecule has 0 aliphatic carbocycles. The number of nitrogens with two attached hydrogens (primary N) is 1. The van der Waals surface area contributed by atoms with E-state index in [1.807, 2.05) is 36.4 Å². The number of ether oxygens (including phenoxy) is 1. The molecule has 2 amide bonds. The van der Waals surface area contributed by atoms with Crippen LogP contribution < -0.4 is 20.7 Å². The van der Waals surface area contributed by atoms with Crippen LogP contribution in [0.25, 0.3) is 0 Å². The van der Waals surface area contributed by atoms with Gasteiger partial charge in [0.15, 0.2) is 0 Å². The van der Waals surface area contributed by atoms with Crippen LogP contribution in [0.3, 0.4) is 0 Å². The van der Waals surface area contributed by atoms with Gasteiger partial charge in [0.2, 0.25) is 0 Å². The Morgan fingerprint density at radius 2 is 1.79 bits per heavy atom. The molecule has 3 rings (SSSR count). The molecule has 0 bridgehead atoms. The monoisotopic (exact) mass is 379 g/mol. The van der Waals surface area contributed by atoms with E-state index >= 15 is 0 Å². The van der Waals surface area contributed by atoms with Gasteiger partial charge in [0.05, 0.1) is 0 Å². The smallest absolute Gasteiger partial charge is 0.326 e. The van der Waals surface area contributed by atoms with Crippen LogP contribution in [0.15, 0.2) is 72.8 Å². The highest BCUT2D eigenvalue weighted by Crippen LogP contribution is 2.26. The number of urea groups is 1. The largest absolute Gasteiger partial charge is 0.489 e. The number of nitrogens with zero attached hydrogens (tertiary/aromatic N) is 1. The maximum Gasteiger partial charge on any atom is 0.326 e. The topological polar surface area (TPSA) is 67.6 Å². The van der Waals surface area contributed by atoms with Crippen molar-refractivity contribution >= 4 is 17.4 Å². The van der Waals surface area contributed by atoms with Gasteiger partial charge in [0.1, 0.15) is 18.2 Å². The lowest BCUT2D eigenvalue weighted by molar-refractivity contribution is 0.258. The van der Waals surface area contributed by atoms with E-state index in [0.717, 1.165) is 11.1 Å². The highest BCUT2D eigenvalue weighted by molar-refractivity contribution is 6.01. The first-order valence-electron chi connectivity index (χ1n) is 8.87. The molecule has 28 heavy (non-hydrogen) atoms. The second-order valence-corrected chi connectivity index (χ2v) is 6.26. The van der Waals surface area contributed by atoms with Crippen molar-refractivity contribution in [2.24, 2.45) is 5.73 Å². The molecule has 0 aliphatic rings. The Hall–Kier alpha value is -3.38. The lowest BCUT2D eigenvalue weighted by Gasteiger charge is -2.21. The van der Waals surface area contributed by atoms with E-state index in [9.17, 15) is 9.18 Å². The first-order valence-corrected chi connectivity index (χ1v) is 8.87. The average Bonchev–Trinajstić information content (AvgIpc) is 2.74. The quantitative estimate of drug-likeness (QED) is 0.661. The van der Waals surface area contributed by atoms with E-state index in [0.29, 0.717) is 23.7 Å². The van der Waals surface area contributed by atoms with Crippen molar-refractivity contribution in [3.8, 4) is 5.75 Å². The zero-order valence-corrected chi connectivity index (χ0v) is 15.6. The standard InChI is InChI=1S/C22H22FN3O2/c1-26(22(27)25-19-9-7-18(23)8-10-19)21-12-11-20(13-17(21)14-24)28-15-16-5-3-2-4-6-16/h2-13H,14-15,24H2,1H3,(H,25,27). The molecule has 144 valence electrons. The summed E-state index contributed by atoms with van der Waals surface area (Å²) in [6, 6.07) is 20.5. The number of rotatable bonds is 6. The molecule has 0 atom stereocenters. The summed E-state index contributed by atoms with van der Waals surface area (Å²) in [5.41, 5.74) is 8.91. The number of carbonyl (C=O) groups excluding carboxylic acids is 1. The maximum atomic E-state index is 13.0. The second-order valence-electron chi connectivity index (χ2n) is 6.26. The maximum absolute atomic E-state index is 13.0. The summed E-state index contributed by atoms with van der Waals surface area (Å²) in [6.07, 6.45) is 0. The third-order valence-corrected chi connectivity index (χ3v) is 4.28. The van der Waals surface area contributed by atoms with Crippen LogP contribution in [0.1, 0.15) is 11.1 Å². The number of nitrogens with one attached hydrogen (secondary N) is 1. The molecule has 6 heteroatoms. The van der Waals surface area contributed by atoms with E-state index in [4.69, 9.17) is 10.5 Å². The van der Waals surface area contributed by atoms with Crippen LogP contribution in [0.2, 0.25) is 0 Å². The van der Waals surface area contributed by atoms with Gasteiger partial charge in [-0.25, -0.2) is 9.18 Å². The highest BCUT2D eigenvalue weighted by atomic mass is 19.1. The predicted octanol–water partition coefficient (Wildman–Crippen LogP) is 4.53. The van der Waals surface area contributed by atoms with Crippen molar-refractivity contribution in [2.45, 2.75) is 13.2 Å². The van der Waals surface area contributed by atoms with Gasteiger partial charge in [-0.15, -0.1) is 0 Å². The molecule has 3 aromatic rings. The first-order chi connectivity index (χ1) is 13.6. The number of benzene rings is 3. The van der Waals surface area contributed by atoms with E-state index in [1.54, 1.807) is 19.2 Å². The lowest BCUT2D eigenvalue weighted by atomic mass is 10.1. The fourth-order valence-corrected chi connectivity index (χ4v) is 2.73. The van der Waals surface area contributed by atoms with Crippen molar-refractivity contribution in [1.29, 1.82) is 0 Å². The van der Waals surface area contributed by atoms with E-state index in [-0.39, 0.29) is 18.4 Å². The molecule has 0 radical (unpaired) electrons. The summed E-state index contributed by atoms with van der Waals surface area (Å²) in [7, 11) is 1.65. The lowest BCUT2D eigenvalue weighted by Crippen LogP contribution is -2.32. The number of halogens is 1. The molecule has 5 nitrogen and oxygen atoms in total. The molecule has 0 heterocycles. The van der Waals surface area contributed by atoms with Crippen LogP contribution >= 0.6 is 0 Å². The van der Waals surface area contributed by atoms with Crippen molar-refractivity contribution in [2.75, 3.05) is 17.3 Å². The molecule has 0 aromatic heterocycles. The third kappa shape index (κ3) is 4.86. The van der Waals surface area contributed by atoms with Crippen LogP contribution in [0.5, 0.6) is 5.75 Å².